The van der Waals surface area contributed by atoms with Crippen molar-refractivity contribution in [3.63, 3.8) is 0 Å². The van der Waals surface area contributed by atoms with Gasteiger partial charge in [0.1, 0.15) is 0 Å². The number of amides is 1. The average molecular weight is 221 g/mol. The average Bonchev–Trinajstić information content (AvgIpc) is 2.27. The summed E-state index contributed by atoms with van der Waals surface area (Å²) in [6.07, 6.45) is 14.5. The van der Waals surface area contributed by atoms with Crippen molar-refractivity contribution in [2.24, 2.45) is 0 Å². The maximum atomic E-state index is 11.3. The van der Waals surface area contributed by atoms with Gasteiger partial charge in [-0.2, -0.15) is 0 Å². The predicted octanol–water partition coefficient (Wildman–Crippen LogP) is 3.37. The van der Waals surface area contributed by atoms with Crippen molar-refractivity contribution in [1.29, 1.82) is 0 Å². The first-order valence-corrected chi connectivity index (χ1v) is 5.95. The third-order valence-electron chi connectivity index (χ3n) is 2.23. The van der Waals surface area contributed by atoms with Crippen LogP contribution in [0.15, 0.2) is 36.5 Å². The Morgan fingerprint density at radius 1 is 1.25 bits per heavy atom. The van der Waals surface area contributed by atoms with Crippen molar-refractivity contribution in [3.8, 4) is 0 Å². The molecule has 0 aromatic carbocycles. The van der Waals surface area contributed by atoms with E-state index in [0.29, 0.717) is 0 Å². The highest BCUT2D eigenvalue weighted by Crippen LogP contribution is 1.93. The molecule has 16 heavy (non-hydrogen) atoms. The third-order valence-corrected chi connectivity index (χ3v) is 2.23. The van der Waals surface area contributed by atoms with E-state index in [1.807, 2.05) is 26.0 Å². The maximum absolute atomic E-state index is 11.3. The zero-order valence-corrected chi connectivity index (χ0v) is 10.6. The van der Waals surface area contributed by atoms with Gasteiger partial charge >= 0.3 is 0 Å². The Morgan fingerprint density at radius 2 is 1.94 bits per heavy atom. The fraction of sp³-hybridized carbons (Fsp3) is 0.500. The Balaban J connectivity index is 3.70. The largest absolute Gasteiger partial charge is 0.350 e. The van der Waals surface area contributed by atoms with Crippen molar-refractivity contribution in [1.82, 2.24) is 5.32 Å². The summed E-state index contributed by atoms with van der Waals surface area (Å²) in [5.41, 5.74) is 0. The standard InChI is InChI=1S/C14H23NO/c1-4-6-7-8-9-10-11-12-14(16)15-13(3)5-2/h4,6,9-13H,5,7-8H2,1-3H3,(H,15,16)/b6-4+,10-9+,12-11+. The highest BCUT2D eigenvalue weighted by molar-refractivity contribution is 5.87. The first kappa shape index (κ1) is 14.7. The molecule has 0 spiro atoms. The van der Waals surface area contributed by atoms with Crippen LogP contribution >= 0.6 is 0 Å². The second-order valence-corrected chi connectivity index (χ2v) is 3.75. The normalized spacial score (nSPS) is 13.9. The number of hydrogen-bond donors (Lipinski definition) is 1. The second kappa shape index (κ2) is 10.2. The van der Waals surface area contributed by atoms with Gasteiger partial charge in [-0.3, -0.25) is 4.79 Å². The van der Waals surface area contributed by atoms with Crippen molar-refractivity contribution in [3.05, 3.63) is 36.5 Å². The monoisotopic (exact) mass is 221 g/mol. The van der Waals surface area contributed by atoms with Crippen LogP contribution in [0, 0.1) is 0 Å². The van der Waals surface area contributed by atoms with Crippen LogP contribution in [-0.4, -0.2) is 11.9 Å². The molecular formula is C14H23NO. The molecule has 1 atom stereocenters. The Labute approximate surface area is 99.1 Å². The third kappa shape index (κ3) is 9.25. The van der Waals surface area contributed by atoms with E-state index in [1.54, 1.807) is 12.2 Å². The van der Waals surface area contributed by atoms with E-state index in [9.17, 15) is 4.79 Å². The number of hydrogen-bond acceptors (Lipinski definition) is 1. The lowest BCUT2D eigenvalue weighted by Crippen LogP contribution is -2.30. The van der Waals surface area contributed by atoms with Gasteiger partial charge in [-0.25, -0.2) is 0 Å². The number of carbonyl (C=O) groups is 1. The molecule has 2 nitrogen and oxygen atoms in total. The molecule has 2 heteroatoms. The Morgan fingerprint density at radius 3 is 2.56 bits per heavy atom. The van der Waals surface area contributed by atoms with E-state index in [2.05, 4.69) is 24.4 Å². The fourth-order valence-corrected chi connectivity index (χ4v) is 1.07. The highest BCUT2D eigenvalue weighted by Gasteiger charge is 1.99. The lowest BCUT2D eigenvalue weighted by molar-refractivity contribution is -0.117. The van der Waals surface area contributed by atoms with Crippen molar-refractivity contribution in [2.75, 3.05) is 0 Å². The molecule has 1 amide bonds. The van der Waals surface area contributed by atoms with E-state index in [0.717, 1.165) is 19.3 Å². The summed E-state index contributed by atoms with van der Waals surface area (Å²) in [6.45, 7) is 6.07. The molecule has 0 saturated heterocycles. The predicted molar refractivity (Wildman–Crippen MR) is 70.2 cm³/mol. The molecule has 0 radical (unpaired) electrons. The van der Waals surface area contributed by atoms with Gasteiger partial charge in [0, 0.05) is 12.1 Å². The van der Waals surface area contributed by atoms with Gasteiger partial charge in [0.15, 0.2) is 0 Å². The molecule has 0 saturated carbocycles. The minimum Gasteiger partial charge on any atom is -0.350 e. The van der Waals surface area contributed by atoms with Gasteiger partial charge in [0.05, 0.1) is 0 Å². The minimum atomic E-state index is -0.0209. The molecule has 0 bridgehead atoms. The van der Waals surface area contributed by atoms with Crippen LogP contribution in [0.4, 0.5) is 0 Å². The van der Waals surface area contributed by atoms with Gasteiger partial charge in [-0.05, 0) is 33.1 Å². The van der Waals surface area contributed by atoms with Gasteiger partial charge in [0.2, 0.25) is 5.91 Å². The quantitative estimate of drug-likeness (QED) is 0.304. The van der Waals surface area contributed by atoms with E-state index in [1.165, 1.54) is 0 Å². The summed E-state index contributed by atoms with van der Waals surface area (Å²) in [7, 11) is 0. The molecule has 0 heterocycles. The molecule has 0 fully saturated rings. The van der Waals surface area contributed by atoms with Crippen LogP contribution < -0.4 is 5.32 Å². The van der Waals surface area contributed by atoms with Crippen LogP contribution in [-0.2, 0) is 4.79 Å². The Bertz CT molecular complexity index is 264. The summed E-state index contributed by atoms with van der Waals surface area (Å²) < 4.78 is 0. The summed E-state index contributed by atoms with van der Waals surface area (Å²) >= 11 is 0. The fourth-order valence-electron chi connectivity index (χ4n) is 1.07. The molecule has 1 N–H and O–H groups in total. The second-order valence-electron chi connectivity index (χ2n) is 3.75. The van der Waals surface area contributed by atoms with Gasteiger partial charge in [0.25, 0.3) is 0 Å². The topological polar surface area (TPSA) is 29.1 Å². The number of nitrogens with one attached hydrogen (secondary N) is 1. The summed E-state index contributed by atoms with van der Waals surface area (Å²) in [5, 5.41) is 2.87. The van der Waals surface area contributed by atoms with Crippen LogP contribution in [0.25, 0.3) is 0 Å². The summed E-state index contributed by atoms with van der Waals surface area (Å²) in [6, 6.07) is 0.246. The Hall–Kier alpha value is -1.31. The van der Waals surface area contributed by atoms with Crippen LogP contribution in [0.3, 0.4) is 0 Å². The first-order chi connectivity index (χ1) is 7.70. The first-order valence-electron chi connectivity index (χ1n) is 5.95. The molecular weight excluding hydrogens is 198 g/mol. The van der Waals surface area contributed by atoms with Crippen LogP contribution in [0.1, 0.15) is 40.0 Å². The zero-order valence-electron chi connectivity index (χ0n) is 10.6. The molecule has 0 aromatic rings. The van der Waals surface area contributed by atoms with E-state index in [4.69, 9.17) is 0 Å². The van der Waals surface area contributed by atoms with Crippen molar-refractivity contribution < 1.29 is 4.79 Å². The van der Waals surface area contributed by atoms with Gasteiger partial charge in [-0.1, -0.05) is 37.3 Å². The number of unbranched alkanes of at least 4 members (excludes halogenated alkanes) is 1. The molecule has 1 unspecified atom stereocenters. The molecule has 0 aromatic heterocycles. The van der Waals surface area contributed by atoms with Crippen molar-refractivity contribution in [2.45, 2.75) is 46.1 Å². The summed E-state index contributed by atoms with van der Waals surface area (Å²) in [5.74, 6) is -0.0209. The lowest BCUT2D eigenvalue weighted by atomic mass is 10.2. The number of rotatable bonds is 7. The molecule has 0 aliphatic heterocycles. The lowest BCUT2D eigenvalue weighted by Gasteiger charge is -2.07. The molecule has 0 rings (SSSR count). The number of carbonyl (C=O) groups excluding carboxylic acids is 1. The minimum absolute atomic E-state index is 0.0209. The number of allylic oxidation sites excluding steroid dienone is 5. The highest BCUT2D eigenvalue weighted by atomic mass is 16.1. The smallest absolute Gasteiger partial charge is 0.244 e. The van der Waals surface area contributed by atoms with E-state index >= 15 is 0 Å². The van der Waals surface area contributed by atoms with Gasteiger partial charge < -0.3 is 5.32 Å². The van der Waals surface area contributed by atoms with Crippen LogP contribution in [0.2, 0.25) is 0 Å². The van der Waals surface area contributed by atoms with Gasteiger partial charge in [-0.15, -0.1) is 0 Å². The van der Waals surface area contributed by atoms with E-state index < -0.39 is 0 Å². The summed E-state index contributed by atoms with van der Waals surface area (Å²) in [4.78, 5) is 11.3. The van der Waals surface area contributed by atoms with Crippen molar-refractivity contribution >= 4 is 5.91 Å². The molecule has 90 valence electrons. The van der Waals surface area contributed by atoms with Crippen LogP contribution in [0.5, 0.6) is 0 Å². The Kier molecular flexibility index (Phi) is 9.38. The molecule has 0 aliphatic rings. The SMILES string of the molecule is C/C=C/CC/C=C/C=C/C(=O)NC(C)CC. The maximum Gasteiger partial charge on any atom is 0.244 e. The molecule has 0 aliphatic carbocycles. The van der Waals surface area contributed by atoms with E-state index in [-0.39, 0.29) is 11.9 Å². The zero-order chi connectivity index (χ0) is 12.2.